The Bertz CT molecular complexity index is 972. The summed E-state index contributed by atoms with van der Waals surface area (Å²) < 4.78 is 70.0. The number of nitrogens with zero attached hydrogens (tertiary/aromatic N) is 1. The summed E-state index contributed by atoms with van der Waals surface area (Å²) in [4.78, 5) is 25.3. The van der Waals surface area contributed by atoms with Gasteiger partial charge in [0.2, 0.25) is 11.8 Å². The van der Waals surface area contributed by atoms with Crippen molar-refractivity contribution >= 4 is 17.5 Å². The van der Waals surface area contributed by atoms with E-state index in [9.17, 15) is 36.7 Å². The van der Waals surface area contributed by atoms with Gasteiger partial charge in [-0.2, -0.15) is 18.2 Å². The maximum atomic E-state index is 13.2. The van der Waals surface area contributed by atoms with Crippen LogP contribution >= 0.6 is 0 Å². The number of alkyl halides is 5. The van der Waals surface area contributed by atoms with Crippen LogP contribution in [0, 0.1) is 5.41 Å². The van der Waals surface area contributed by atoms with Gasteiger partial charge >= 0.3 is 6.18 Å². The molecule has 2 aliphatic rings. The molecule has 3 unspecified atom stereocenters. The lowest BCUT2D eigenvalue weighted by atomic mass is 9.92. The number of ether oxygens (including phenoxy) is 1. The van der Waals surface area contributed by atoms with Gasteiger partial charge in [-0.1, -0.05) is 19.1 Å². The zero-order chi connectivity index (χ0) is 28.7. The largest absolute Gasteiger partial charge is 0.491 e. The van der Waals surface area contributed by atoms with Crippen LogP contribution in [-0.4, -0.2) is 84.8 Å². The maximum absolute atomic E-state index is 13.2. The first-order valence-electron chi connectivity index (χ1n) is 12.1. The minimum absolute atomic E-state index is 0.121. The van der Waals surface area contributed by atoms with Crippen LogP contribution in [0.1, 0.15) is 39.5 Å². The van der Waals surface area contributed by atoms with Crippen molar-refractivity contribution < 1.29 is 41.5 Å². The van der Waals surface area contributed by atoms with Crippen LogP contribution < -0.4 is 16.0 Å². The van der Waals surface area contributed by atoms with E-state index in [1.165, 1.54) is 7.05 Å². The minimum atomic E-state index is -4.53. The molecule has 0 aromatic carbocycles. The van der Waals surface area contributed by atoms with Crippen LogP contribution in [0.4, 0.5) is 22.0 Å². The molecule has 14 heteroatoms. The first kappa shape index (κ1) is 31.4. The third kappa shape index (κ3) is 10.1. The molecule has 38 heavy (non-hydrogen) atoms. The summed E-state index contributed by atoms with van der Waals surface area (Å²) in [7, 11) is 1.19. The predicted octanol–water partition coefficient (Wildman–Crippen LogP) is 2.83. The topological polar surface area (TPSA) is 127 Å². The van der Waals surface area contributed by atoms with Gasteiger partial charge in [0.15, 0.2) is 6.61 Å². The number of hydrogen-bond donors (Lipinski definition) is 5. The van der Waals surface area contributed by atoms with Crippen LogP contribution in [0.5, 0.6) is 0 Å². The number of likely N-dealkylation sites (N-methyl/N-ethyl adjacent to an activating group) is 1. The number of carbonyl (C=O) groups is 2. The summed E-state index contributed by atoms with van der Waals surface area (Å²) in [6, 6.07) is -3.19. The Balaban J connectivity index is 2.21. The zero-order valence-electron chi connectivity index (χ0n) is 21.4. The van der Waals surface area contributed by atoms with Gasteiger partial charge in [0.25, 0.3) is 5.92 Å². The Hall–Kier alpha value is -2.84. The SMILES string of the molecule is CCC1=C(C2CNC(C(NC(=O)CN(C)O)C(=N)CCC(F)(F)F)C(=O)N2)C=CCC(OCC(C)(F)F)=C1. The van der Waals surface area contributed by atoms with Crippen LogP contribution in [0.3, 0.4) is 0 Å². The highest BCUT2D eigenvalue weighted by Gasteiger charge is 2.39. The number of amides is 2. The van der Waals surface area contributed by atoms with E-state index in [0.717, 1.165) is 12.5 Å². The van der Waals surface area contributed by atoms with E-state index in [-0.39, 0.29) is 13.0 Å². The third-order valence-electron chi connectivity index (χ3n) is 5.81. The van der Waals surface area contributed by atoms with Crippen molar-refractivity contribution in [1.29, 1.82) is 5.41 Å². The summed E-state index contributed by atoms with van der Waals surface area (Å²) >= 11 is 0. The summed E-state index contributed by atoms with van der Waals surface area (Å²) in [6.07, 6.45) is -0.659. The van der Waals surface area contributed by atoms with Crippen LogP contribution in [-0.2, 0) is 14.3 Å². The normalized spacial score (nSPS) is 21.5. The molecule has 1 aliphatic carbocycles. The second kappa shape index (κ2) is 13.3. The quantitative estimate of drug-likeness (QED) is 0.144. The molecule has 2 amide bonds. The zero-order valence-corrected chi connectivity index (χ0v) is 21.4. The highest BCUT2D eigenvalue weighted by Crippen LogP contribution is 2.26. The average molecular weight is 552 g/mol. The van der Waals surface area contributed by atoms with E-state index < -0.39 is 73.7 Å². The first-order valence-corrected chi connectivity index (χ1v) is 12.1. The summed E-state index contributed by atoms with van der Waals surface area (Å²) in [5, 5.41) is 26.1. The van der Waals surface area contributed by atoms with Gasteiger partial charge in [0.1, 0.15) is 18.3 Å². The molecule has 9 nitrogen and oxygen atoms in total. The number of halogens is 5. The summed E-state index contributed by atoms with van der Waals surface area (Å²) in [6.45, 7) is 1.43. The lowest BCUT2D eigenvalue weighted by Gasteiger charge is -2.36. The Labute approximate surface area is 217 Å². The molecule has 1 fully saturated rings. The smallest absolute Gasteiger partial charge is 0.389 e. The van der Waals surface area contributed by atoms with Crippen LogP contribution in [0.2, 0.25) is 0 Å². The fourth-order valence-electron chi connectivity index (χ4n) is 4.05. The molecule has 0 bridgehead atoms. The van der Waals surface area contributed by atoms with Gasteiger partial charge < -0.3 is 31.3 Å². The fourth-order valence-corrected chi connectivity index (χ4v) is 4.05. The number of allylic oxidation sites excluding steroid dienone is 3. The van der Waals surface area contributed by atoms with E-state index >= 15 is 0 Å². The Morgan fingerprint density at radius 3 is 2.58 bits per heavy atom. The highest BCUT2D eigenvalue weighted by molar-refractivity contribution is 5.98. The van der Waals surface area contributed by atoms with E-state index in [2.05, 4.69) is 16.0 Å². The lowest BCUT2D eigenvalue weighted by Crippen LogP contribution is -2.67. The molecule has 1 aliphatic heterocycles. The summed E-state index contributed by atoms with van der Waals surface area (Å²) in [5.41, 5.74) is 0.943. The number of hydrogen-bond acceptors (Lipinski definition) is 7. The van der Waals surface area contributed by atoms with E-state index in [1.54, 1.807) is 18.2 Å². The number of nitrogens with one attached hydrogen (secondary N) is 4. The molecule has 3 atom stereocenters. The standard InChI is InChI=1S/C24H34F5N5O4/c1-4-14-10-15(38-13-23(2,25)26)6-5-7-16(14)18-11-31-21(22(36)32-18)20(33-19(35)12-34(3)37)17(30)8-9-24(27,28)29/h5,7,10,18,20-21,30-31,37H,4,6,8-9,11-13H2,1-3H3,(H,32,36)(H,33,35). The predicted molar refractivity (Wildman–Crippen MR) is 129 cm³/mol. The number of rotatable bonds is 12. The maximum Gasteiger partial charge on any atom is 0.389 e. The van der Waals surface area contributed by atoms with Crippen molar-refractivity contribution in [2.75, 3.05) is 26.7 Å². The van der Waals surface area contributed by atoms with Crippen molar-refractivity contribution in [3.63, 3.8) is 0 Å². The highest BCUT2D eigenvalue weighted by atomic mass is 19.4. The van der Waals surface area contributed by atoms with Gasteiger partial charge in [-0.15, -0.1) is 0 Å². The molecule has 0 saturated carbocycles. The van der Waals surface area contributed by atoms with Gasteiger partial charge in [-0.05, 0) is 30.1 Å². The summed E-state index contributed by atoms with van der Waals surface area (Å²) in [5.74, 6) is -4.09. The van der Waals surface area contributed by atoms with Crippen LogP contribution in [0.15, 0.2) is 35.1 Å². The monoisotopic (exact) mass is 551 g/mol. The Morgan fingerprint density at radius 1 is 1.34 bits per heavy atom. The first-order chi connectivity index (χ1) is 17.6. The molecular weight excluding hydrogens is 517 g/mol. The van der Waals surface area contributed by atoms with Gasteiger partial charge in [-0.25, -0.2) is 8.78 Å². The molecule has 0 spiro atoms. The van der Waals surface area contributed by atoms with Gasteiger partial charge in [0.05, 0.1) is 12.1 Å². The Kier molecular flexibility index (Phi) is 11.0. The number of hydroxylamine groups is 2. The van der Waals surface area contributed by atoms with E-state index in [1.807, 2.05) is 6.92 Å². The fraction of sp³-hybridized carbons (Fsp3) is 0.625. The molecule has 1 heterocycles. The second-order valence-electron chi connectivity index (χ2n) is 9.36. The van der Waals surface area contributed by atoms with Crippen molar-refractivity contribution in [2.24, 2.45) is 0 Å². The average Bonchev–Trinajstić information content (AvgIpc) is 3.00. The number of piperazine rings is 1. The molecule has 0 aromatic rings. The molecule has 5 N–H and O–H groups in total. The van der Waals surface area contributed by atoms with E-state index in [0.29, 0.717) is 22.8 Å². The third-order valence-corrected chi connectivity index (χ3v) is 5.81. The molecule has 0 aromatic heterocycles. The Morgan fingerprint density at radius 2 is 2.03 bits per heavy atom. The van der Waals surface area contributed by atoms with Crippen molar-refractivity contribution in [3.05, 3.63) is 35.1 Å². The van der Waals surface area contributed by atoms with Crippen LogP contribution in [0.25, 0.3) is 0 Å². The molecule has 0 radical (unpaired) electrons. The van der Waals surface area contributed by atoms with Crippen molar-refractivity contribution in [3.8, 4) is 0 Å². The van der Waals surface area contributed by atoms with Crippen molar-refractivity contribution in [2.45, 2.75) is 69.8 Å². The number of carbonyl (C=O) groups excluding carboxylic acids is 2. The molecule has 214 valence electrons. The molecule has 2 rings (SSSR count). The lowest BCUT2D eigenvalue weighted by molar-refractivity contribution is -0.134. The minimum Gasteiger partial charge on any atom is -0.491 e. The van der Waals surface area contributed by atoms with E-state index in [4.69, 9.17) is 10.1 Å². The van der Waals surface area contributed by atoms with Gasteiger partial charge in [-0.3, -0.25) is 9.59 Å². The molecular formula is C24H34F5N5O4. The second-order valence-corrected chi connectivity index (χ2v) is 9.36. The molecule has 1 saturated heterocycles. The van der Waals surface area contributed by atoms with Crippen molar-refractivity contribution in [1.82, 2.24) is 21.0 Å². The van der Waals surface area contributed by atoms with Gasteiger partial charge in [0, 0.05) is 39.1 Å².